The first-order valence-corrected chi connectivity index (χ1v) is 10.5. The molecule has 3 aromatic heterocycles. The second-order valence-electron chi connectivity index (χ2n) is 6.88. The summed E-state index contributed by atoms with van der Waals surface area (Å²) in [7, 11) is 0. The molecule has 1 N–H and O–H groups in total. The summed E-state index contributed by atoms with van der Waals surface area (Å²) in [5.74, 6) is 2.16. The van der Waals surface area contributed by atoms with Crippen LogP contribution in [0, 0.1) is 0 Å². The third-order valence-electron chi connectivity index (χ3n) is 4.94. The first-order valence-electron chi connectivity index (χ1n) is 9.68. The van der Waals surface area contributed by atoms with Crippen LogP contribution in [-0.4, -0.2) is 57.2 Å². The fraction of sp³-hybridized carbons (Fsp3) is 0.190. The van der Waals surface area contributed by atoms with E-state index < -0.39 is 0 Å². The standard InChI is InChI=1S/C21H19N7OS/c29-21(20-23-15-5-1-2-6-16(15)30-20)28-13-11-27(12-14-28)19-9-8-18(25-26-19)24-17-7-3-4-10-22-17/h1-10H,11-14H2,(H,22,24,25). The van der Waals surface area contributed by atoms with Crippen molar-refractivity contribution in [2.45, 2.75) is 0 Å². The van der Waals surface area contributed by atoms with E-state index in [0.29, 0.717) is 37.0 Å². The van der Waals surface area contributed by atoms with Gasteiger partial charge in [0.15, 0.2) is 16.6 Å². The number of benzene rings is 1. The van der Waals surface area contributed by atoms with Gasteiger partial charge in [0.2, 0.25) is 0 Å². The molecule has 0 aliphatic carbocycles. The van der Waals surface area contributed by atoms with Gasteiger partial charge in [-0.05, 0) is 36.4 Å². The van der Waals surface area contributed by atoms with E-state index in [0.717, 1.165) is 21.9 Å². The summed E-state index contributed by atoms with van der Waals surface area (Å²) in [5.41, 5.74) is 0.874. The number of pyridine rings is 1. The third kappa shape index (κ3) is 3.79. The lowest BCUT2D eigenvalue weighted by Crippen LogP contribution is -2.49. The molecular formula is C21H19N7OS. The molecule has 8 nitrogen and oxygen atoms in total. The molecule has 150 valence electrons. The zero-order chi connectivity index (χ0) is 20.3. The van der Waals surface area contributed by atoms with Gasteiger partial charge in [-0.2, -0.15) is 0 Å². The van der Waals surface area contributed by atoms with Crippen LogP contribution < -0.4 is 10.2 Å². The molecule has 9 heteroatoms. The number of carbonyl (C=O) groups is 1. The Bertz CT molecular complexity index is 1120. The van der Waals surface area contributed by atoms with Crippen LogP contribution >= 0.6 is 11.3 Å². The molecule has 0 bridgehead atoms. The van der Waals surface area contributed by atoms with Gasteiger partial charge >= 0.3 is 0 Å². The van der Waals surface area contributed by atoms with Crippen molar-refractivity contribution in [2.24, 2.45) is 0 Å². The van der Waals surface area contributed by atoms with Crippen molar-refractivity contribution in [1.29, 1.82) is 0 Å². The zero-order valence-electron chi connectivity index (χ0n) is 16.1. The number of carbonyl (C=O) groups excluding carboxylic acids is 1. The van der Waals surface area contributed by atoms with Gasteiger partial charge in [0, 0.05) is 32.4 Å². The van der Waals surface area contributed by atoms with Crippen LogP contribution in [-0.2, 0) is 0 Å². The molecule has 1 saturated heterocycles. The van der Waals surface area contributed by atoms with Crippen LogP contribution in [0.25, 0.3) is 10.2 Å². The first kappa shape index (κ1) is 18.4. The Kier molecular flexibility index (Phi) is 4.94. The molecule has 1 fully saturated rings. The molecular weight excluding hydrogens is 398 g/mol. The number of hydrogen-bond donors (Lipinski definition) is 1. The van der Waals surface area contributed by atoms with Crippen molar-refractivity contribution in [1.82, 2.24) is 25.1 Å². The van der Waals surface area contributed by atoms with Crippen LogP contribution in [0.2, 0.25) is 0 Å². The Labute approximate surface area is 177 Å². The van der Waals surface area contributed by atoms with Crippen molar-refractivity contribution < 1.29 is 4.79 Å². The molecule has 1 aromatic carbocycles. The first-order chi connectivity index (χ1) is 14.8. The number of anilines is 3. The Morgan fingerprint density at radius 2 is 1.73 bits per heavy atom. The maximum Gasteiger partial charge on any atom is 0.282 e. The number of nitrogens with zero attached hydrogens (tertiary/aromatic N) is 6. The molecule has 4 aromatic rings. The van der Waals surface area contributed by atoms with Gasteiger partial charge in [-0.1, -0.05) is 18.2 Å². The SMILES string of the molecule is O=C(c1nc2ccccc2s1)N1CCN(c2ccc(Nc3ccccn3)nn2)CC1. The highest BCUT2D eigenvalue weighted by atomic mass is 32.1. The number of nitrogens with one attached hydrogen (secondary N) is 1. The van der Waals surface area contributed by atoms with Gasteiger partial charge in [0.05, 0.1) is 10.2 Å². The average molecular weight is 417 g/mol. The number of para-hydroxylation sites is 1. The number of thiazole rings is 1. The van der Waals surface area contributed by atoms with Crippen LogP contribution in [0.1, 0.15) is 9.80 Å². The van der Waals surface area contributed by atoms with Gasteiger partial charge in [-0.25, -0.2) is 9.97 Å². The molecule has 0 radical (unpaired) electrons. The minimum atomic E-state index is -0.00292. The Morgan fingerprint density at radius 3 is 2.47 bits per heavy atom. The quantitative estimate of drug-likeness (QED) is 0.546. The molecule has 30 heavy (non-hydrogen) atoms. The maximum absolute atomic E-state index is 12.8. The summed E-state index contributed by atoms with van der Waals surface area (Å²) in [4.78, 5) is 25.5. The summed E-state index contributed by atoms with van der Waals surface area (Å²) in [5, 5.41) is 12.2. The maximum atomic E-state index is 12.8. The molecule has 4 heterocycles. The molecule has 5 rings (SSSR count). The molecule has 1 amide bonds. The zero-order valence-corrected chi connectivity index (χ0v) is 16.9. The summed E-state index contributed by atoms with van der Waals surface area (Å²) in [6.07, 6.45) is 1.72. The van der Waals surface area contributed by atoms with Crippen molar-refractivity contribution >= 4 is 44.9 Å². The molecule has 0 atom stereocenters. The Morgan fingerprint density at radius 1 is 0.900 bits per heavy atom. The molecule has 1 aliphatic rings. The lowest BCUT2D eigenvalue weighted by molar-refractivity contribution is 0.0746. The summed E-state index contributed by atoms with van der Waals surface area (Å²) >= 11 is 1.45. The average Bonchev–Trinajstić information content (AvgIpc) is 3.24. The fourth-order valence-corrected chi connectivity index (χ4v) is 4.30. The van der Waals surface area contributed by atoms with Gasteiger partial charge in [0.1, 0.15) is 5.82 Å². The second-order valence-corrected chi connectivity index (χ2v) is 7.91. The Hall–Kier alpha value is -3.59. The number of hydrogen-bond acceptors (Lipinski definition) is 8. The molecule has 1 aliphatic heterocycles. The van der Waals surface area contributed by atoms with E-state index >= 15 is 0 Å². The predicted molar refractivity (Wildman–Crippen MR) is 117 cm³/mol. The van der Waals surface area contributed by atoms with Crippen molar-refractivity contribution in [3.63, 3.8) is 0 Å². The third-order valence-corrected chi connectivity index (χ3v) is 5.96. The lowest BCUT2D eigenvalue weighted by Gasteiger charge is -2.34. The normalized spacial score (nSPS) is 14.1. The number of fused-ring (bicyclic) bond motifs is 1. The van der Waals surface area contributed by atoms with E-state index in [4.69, 9.17) is 0 Å². The smallest absolute Gasteiger partial charge is 0.282 e. The largest absolute Gasteiger partial charge is 0.352 e. The van der Waals surface area contributed by atoms with E-state index in [9.17, 15) is 4.79 Å². The van der Waals surface area contributed by atoms with Crippen LogP contribution in [0.4, 0.5) is 17.5 Å². The van der Waals surface area contributed by atoms with E-state index in [1.165, 1.54) is 11.3 Å². The minimum absolute atomic E-state index is 0.00292. The van der Waals surface area contributed by atoms with Crippen molar-refractivity contribution in [2.75, 3.05) is 36.4 Å². The molecule has 0 spiro atoms. The van der Waals surface area contributed by atoms with Gasteiger partial charge in [-0.15, -0.1) is 21.5 Å². The van der Waals surface area contributed by atoms with Crippen molar-refractivity contribution in [3.8, 4) is 0 Å². The molecule has 0 unspecified atom stereocenters. The lowest BCUT2D eigenvalue weighted by atomic mass is 10.3. The minimum Gasteiger partial charge on any atom is -0.352 e. The number of rotatable bonds is 4. The van der Waals surface area contributed by atoms with Crippen LogP contribution in [0.15, 0.2) is 60.8 Å². The van der Waals surface area contributed by atoms with Crippen LogP contribution in [0.5, 0.6) is 0 Å². The topological polar surface area (TPSA) is 87.1 Å². The van der Waals surface area contributed by atoms with E-state index in [1.54, 1.807) is 6.20 Å². The summed E-state index contributed by atoms with van der Waals surface area (Å²) in [6, 6.07) is 17.3. The van der Waals surface area contributed by atoms with Crippen LogP contribution in [0.3, 0.4) is 0 Å². The number of piperazine rings is 1. The summed E-state index contributed by atoms with van der Waals surface area (Å²) in [6.45, 7) is 2.67. The van der Waals surface area contributed by atoms with E-state index in [1.807, 2.05) is 59.5 Å². The highest BCUT2D eigenvalue weighted by Gasteiger charge is 2.25. The van der Waals surface area contributed by atoms with E-state index in [2.05, 4.69) is 30.4 Å². The summed E-state index contributed by atoms with van der Waals surface area (Å²) < 4.78 is 1.04. The number of amides is 1. The highest BCUT2D eigenvalue weighted by molar-refractivity contribution is 7.20. The fourth-order valence-electron chi connectivity index (χ4n) is 3.37. The number of aromatic nitrogens is 4. The van der Waals surface area contributed by atoms with Gasteiger partial charge in [-0.3, -0.25) is 4.79 Å². The predicted octanol–water partition coefficient (Wildman–Crippen LogP) is 3.19. The second kappa shape index (κ2) is 8.03. The Balaban J connectivity index is 1.20. The van der Waals surface area contributed by atoms with Crippen molar-refractivity contribution in [3.05, 3.63) is 65.8 Å². The van der Waals surface area contributed by atoms with Gasteiger partial charge < -0.3 is 15.1 Å². The van der Waals surface area contributed by atoms with Gasteiger partial charge in [0.25, 0.3) is 5.91 Å². The highest BCUT2D eigenvalue weighted by Crippen LogP contribution is 2.23. The monoisotopic (exact) mass is 417 g/mol. The molecule has 0 saturated carbocycles. The van der Waals surface area contributed by atoms with E-state index in [-0.39, 0.29) is 5.91 Å².